The van der Waals surface area contributed by atoms with Gasteiger partial charge in [0.2, 0.25) is 5.91 Å². The number of carbonyl (C=O) groups is 3. The van der Waals surface area contributed by atoms with Crippen LogP contribution in [0.1, 0.15) is 39.1 Å². The molecule has 2 N–H and O–H groups in total. The van der Waals surface area contributed by atoms with E-state index in [0.29, 0.717) is 31.5 Å². The Hall–Kier alpha value is -3.69. The Balaban J connectivity index is 1.46. The van der Waals surface area contributed by atoms with Gasteiger partial charge in [0.05, 0.1) is 13.7 Å². The Morgan fingerprint density at radius 3 is 2.41 bits per heavy atom. The molecule has 0 unspecified atom stereocenters. The van der Waals surface area contributed by atoms with E-state index in [1.807, 2.05) is 25.1 Å². The van der Waals surface area contributed by atoms with E-state index in [2.05, 4.69) is 15.4 Å². The Kier molecular flexibility index (Phi) is 8.39. The zero-order valence-electron chi connectivity index (χ0n) is 19.0. The van der Waals surface area contributed by atoms with Gasteiger partial charge in [0.1, 0.15) is 0 Å². The van der Waals surface area contributed by atoms with Crippen LogP contribution in [0.2, 0.25) is 0 Å². The zero-order valence-corrected chi connectivity index (χ0v) is 19.0. The van der Waals surface area contributed by atoms with Crippen LogP contribution >= 0.6 is 0 Å². The van der Waals surface area contributed by atoms with Crippen molar-refractivity contribution >= 4 is 17.7 Å². The average Bonchev–Trinajstić information content (AvgIpc) is 2.82. The smallest absolute Gasteiger partial charge is 0.387 e. The highest BCUT2D eigenvalue weighted by molar-refractivity contribution is 5.97. The zero-order chi connectivity index (χ0) is 24.7. The number of nitrogens with one attached hydrogen (secondary N) is 2. The summed E-state index contributed by atoms with van der Waals surface area (Å²) < 4.78 is 34.2. The molecule has 0 bridgehead atoms. The standard InChI is InChI=1S/C24H27F2N3O5/c1-15-5-3-4-6-18(15)23(32)28-17-9-11-29(12-10-17)21(30)14-27-22(31)16-7-8-19(34-24(25)26)20(13-16)33-2/h3-8,13,17,24H,9-12,14H2,1-2H3,(H,27,31)(H,28,32). The summed E-state index contributed by atoms with van der Waals surface area (Å²) in [6.45, 7) is -0.434. The van der Waals surface area contributed by atoms with Crippen molar-refractivity contribution in [1.29, 1.82) is 0 Å². The summed E-state index contributed by atoms with van der Waals surface area (Å²) >= 11 is 0. The fraction of sp³-hybridized carbons (Fsp3) is 0.375. The first-order chi connectivity index (χ1) is 16.3. The van der Waals surface area contributed by atoms with E-state index in [1.165, 1.54) is 25.3 Å². The maximum absolute atomic E-state index is 12.5. The van der Waals surface area contributed by atoms with Gasteiger partial charge in [0, 0.05) is 30.3 Å². The molecule has 1 aliphatic heterocycles. The van der Waals surface area contributed by atoms with E-state index in [-0.39, 0.29) is 41.5 Å². The molecule has 0 aromatic heterocycles. The number of aryl methyl sites for hydroxylation is 1. The van der Waals surface area contributed by atoms with Gasteiger partial charge < -0.3 is 25.0 Å². The molecule has 1 fully saturated rings. The molecule has 1 aliphatic rings. The van der Waals surface area contributed by atoms with Crippen molar-refractivity contribution < 1.29 is 32.6 Å². The molecule has 10 heteroatoms. The van der Waals surface area contributed by atoms with Crippen LogP contribution in [0.5, 0.6) is 11.5 Å². The number of halogens is 2. The van der Waals surface area contributed by atoms with Crippen molar-refractivity contribution in [2.45, 2.75) is 32.4 Å². The average molecular weight is 475 g/mol. The molecule has 0 spiro atoms. The number of hydrogen-bond donors (Lipinski definition) is 2. The minimum absolute atomic E-state index is 0.0194. The molecule has 0 saturated carbocycles. The molecule has 8 nitrogen and oxygen atoms in total. The number of rotatable bonds is 8. The number of alkyl halides is 2. The Labute approximate surface area is 196 Å². The minimum atomic E-state index is -3.02. The summed E-state index contributed by atoms with van der Waals surface area (Å²) in [6, 6.07) is 11.1. The van der Waals surface area contributed by atoms with E-state index in [0.717, 1.165) is 5.56 Å². The lowest BCUT2D eigenvalue weighted by atomic mass is 10.0. The van der Waals surface area contributed by atoms with Crippen LogP contribution in [0.15, 0.2) is 42.5 Å². The van der Waals surface area contributed by atoms with Gasteiger partial charge in [-0.1, -0.05) is 18.2 Å². The number of methoxy groups -OCH3 is 1. The highest BCUT2D eigenvalue weighted by atomic mass is 19.3. The fourth-order valence-electron chi connectivity index (χ4n) is 3.74. The molecule has 3 rings (SSSR count). The summed E-state index contributed by atoms with van der Waals surface area (Å²) in [5.41, 5.74) is 1.68. The van der Waals surface area contributed by atoms with Crippen LogP contribution in [0, 0.1) is 6.92 Å². The summed E-state index contributed by atoms with van der Waals surface area (Å²) in [4.78, 5) is 39.0. The normalized spacial score (nSPS) is 14.0. The van der Waals surface area contributed by atoms with Crippen molar-refractivity contribution in [2.24, 2.45) is 0 Å². The fourth-order valence-corrected chi connectivity index (χ4v) is 3.74. The number of likely N-dealkylation sites (tertiary alicyclic amines) is 1. The van der Waals surface area contributed by atoms with E-state index >= 15 is 0 Å². The SMILES string of the molecule is COc1cc(C(=O)NCC(=O)N2CCC(NC(=O)c3ccccc3C)CC2)ccc1OC(F)F. The second-order valence-electron chi connectivity index (χ2n) is 7.87. The van der Waals surface area contributed by atoms with Gasteiger partial charge in [-0.2, -0.15) is 8.78 Å². The largest absolute Gasteiger partial charge is 0.493 e. The second-order valence-corrected chi connectivity index (χ2v) is 7.87. The lowest BCUT2D eigenvalue weighted by molar-refractivity contribution is -0.131. The topological polar surface area (TPSA) is 97.0 Å². The van der Waals surface area contributed by atoms with Crippen molar-refractivity contribution in [3.05, 3.63) is 59.2 Å². The van der Waals surface area contributed by atoms with Gasteiger partial charge >= 0.3 is 6.61 Å². The summed E-state index contributed by atoms with van der Waals surface area (Å²) in [7, 11) is 1.27. The number of carbonyl (C=O) groups excluding carboxylic acids is 3. The van der Waals surface area contributed by atoms with Gasteiger partial charge in [-0.15, -0.1) is 0 Å². The van der Waals surface area contributed by atoms with Crippen molar-refractivity contribution in [3.63, 3.8) is 0 Å². The first kappa shape index (κ1) is 24.9. The van der Waals surface area contributed by atoms with Crippen molar-refractivity contribution in [2.75, 3.05) is 26.7 Å². The molecule has 182 valence electrons. The molecule has 0 aliphatic carbocycles. The highest BCUT2D eigenvalue weighted by Gasteiger charge is 2.25. The first-order valence-corrected chi connectivity index (χ1v) is 10.8. The monoisotopic (exact) mass is 475 g/mol. The lowest BCUT2D eigenvalue weighted by Gasteiger charge is -2.32. The predicted molar refractivity (Wildman–Crippen MR) is 120 cm³/mol. The molecule has 3 amide bonds. The Bertz CT molecular complexity index is 1040. The Morgan fingerprint density at radius 1 is 1.06 bits per heavy atom. The van der Waals surface area contributed by atoms with Gasteiger partial charge in [0.15, 0.2) is 11.5 Å². The van der Waals surface area contributed by atoms with Crippen LogP contribution in [0.4, 0.5) is 8.78 Å². The number of benzene rings is 2. The molecular formula is C24H27F2N3O5. The first-order valence-electron chi connectivity index (χ1n) is 10.8. The number of piperidine rings is 1. The van der Waals surface area contributed by atoms with E-state index < -0.39 is 12.5 Å². The summed E-state index contributed by atoms with van der Waals surface area (Å²) in [5, 5.41) is 5.55. The molecule has 2 aromatic rings. The van der Waals surface area contributed by atoms with Gasteiger partial charge in [0.25, 0.3) is 11.8 Å². The van der Waals surface area contributed by atoms with Crippen LogP contribution in [-0.2, 0) is 4.79 Å². The highest BCUT2D eigenvalue weighted by Crippen LogP contribution is 2.29. The molecule has 34 heavy (non-hydrogen) atoms. The Morgan fingerprint density at radius 2 is 1.76 bits per heavy atom. The van der Waals surface area contributed by atoms with E-state index in [1.54, 1.807) is 11.0 Å². The summed E-state index contributed by atoms with van der Waals surface area (Å²) in [6.07, 6.45) is 1.22. The molecule has 0 atom stereocenters. The second kappa shape index (κ2) is 11.4. The third kappa shape index (κ3) is 6.43. The van der Waals surface area contributed by atoms with Gasteiger partial charge in [-0.05, 0) is 49.6 Å². The molecule has 2 aromatic carbocycles. The van der Waals surface area contributed by atoms with Crippen LogP contribution in [0.3, 0.4) is 0 Å². The maximum Gasteiger partial charge on any atom is 0.387 e. The van der Waals surface area contributed by atoms with Crippen LogP contribution in [-0.4, -0.2) is 62.0 Å². The van der Waals surface area contributed by atoms with Gasteiger partial charge in [-0.25, -0.2) is 0 Å². The van der Waals surface area contributed by atoms with Crippen molar-refractivity contribution in [1.82, 2.24) is 15.5 Å². The van der Waals surface area contributed by atoms with Crippen molar-refractivity contribution in [3.8, 4) is 11.5 Å². The lowest BCUT2D eigenvalue weighted by Crippen LogP contribution is -2.49. The molecular weight excluding hydrogens is 448 g/mol. The number of hydrogen-bond acceptors (Lipinski definition) is 5. The summed E-state index contributed by atoms with van der Waals surface area (Å²) in [5.74, 6) is -1.13. The van der Waals surface area contributed by atoms with Gasteiger partial charge in [-0.3, -0.25) is 14.4 Å². The van der Waals surface area contributed by atoms with Crippen LogP contribution < -0.4 is 20.1 Å². The third-order valence-corrected chi connectivity index (χ3v) is 5.61. The molecule has 1 heterocycles. The molecule has 0 radical (unpaired) electrons. The maximum atomic E-state index is 12.5. The minimum Gasteiger partial charge on any atom is -0.493 e. The quantitative estimate of drug-likeness (QED) is 0.612. The van der Waals surface area contributed by atoms with E-state index in [9.17, 15) is 23.2 Å². The predicted octanol–water partition coefficient (Wildman–Crippen LogP) is 2.76. The van der Waals surface area contributed by atoms with Crippen LogP contribution in [0.25, 0.3) is 0 Å². The number of amides is 3. The third-order valence-electron chi connectivity index (χ3n) is 5.61. The molecule has 1 saturated heterocycles. The van der Waals surface area contributed by atoms with E-state index in [4.69, 9.17) is 4.74 Å². The number of ether oxygens (including phenoxy) is 2. The number of nitrogens with zero attached hydrogens (tertiary/aromatic N) is 1.